The van der Waals surface area contributed by atoms with Crippen LogP contribution in [0.3, 0.4) is 0 Å². The fraction of sp³-hybridized carbons (Fsp3) is 0.455. The number of benzene rings is 1. The van der Waals surface area contributed by atoms with Gasteiger partial charge in [0.05, 0.1) is 25.8 Å². The third-order valence-corrected chi connectivity index (χ3v) is 5.53. The minimum Gasteiger partial charge on any atom is -0.493 e. The lowest BCUT2D eigenvalue weighted by Gasteiger charge is -2.14. The number of ether oxygens (including phenoxy) is 2. The van der Waals surface area contributed by atoms with Gasteiger partial charge in [-0.05, 0) is 37.5 Å². The maximum atomic E-state index is 5.51. The molecule has 1 aromatic carbocycles. The van der Waals surface area contributed by atoms with Crippen LogP contribution in [0.2, 0.25) is 0 Å². The molecule has 30 heavy (non-hydrogen) atoms. The third-order valence-electron chi connectivity index (χ3n) is 4.33. The zero-order chi connectivity index (χ0) is 21.1. The molecule has 0 atom stereocenters. The van der Waals surface area contributed by atoms with Crippen molar-refractivity contribution in [1.82, 2.24) is 15.6 Å². The Morgan fingerprint density at radius 1 is 1.23 bits per heavy atom. The van der Waals surface area contributed by atoms with Gasteiger partial charge in [-0.1, -0.05) is 13.0 Å². The Hall–Kier alpha value is -1.81. The van der Waals surface area contributed by atoms with E-state index in [9.17, 15) is 0 Å². The number of aliphatic imine (C=N–C) groups is 1. The first kappa shape index (κ1) is 26.2. The van der Waals surface area contributed by atoms with Gasteiger partial charge in [0.1, 0.15) is 0 Å². The van der Waals surface area contributed by atoms with Gasteiger partial charge < -0.3 is 20.1 Å². The van der Waals surface area contributed by atoms with Crippen LogP contribution in [0.5, 0.6) is 11.5 Å². The van der Waals surface area contributed by atoms with Gasteiger partial charge in [-0.2, -0.15) is 0 Å². The number of hydrogen-bond acceptors (Lipinski definition) is 5. The maximum Gasteiger partial charge on any atom is 0.191 e. The van der Waals surface area contributed by atoms with E-state index in [1.807, 2.05) is 18.3 Å². The highest BCUT2D eigenvalue weighted by atomic mass is 127. The number of guanidine groups is 1. The lowest BCUT2D eigenvalue weighted by Crippen LogP contribution is -2.38. The summed E-state index contributed by atoms with van der Waals surface area (Å²) in [6.07, 6.45) is 6.46. The zero-order valence-electron chi connectivity index (χ0n) is 18.3. The molecule has 0 saturated carbocycles. The molecule has 0 bridgehead atoms. The SMILES string of the molecule is C=CCc1cc(CN=C(NCC)NCCc2ncc(CC)s2)cc(OC)c1OC.I. The molecule has 0 fully saturated rings. The quantitative estimate of drug-likeness (QED) is 0.191. The number of allylic oxidation sites excluding steroid dienone is 1. The van der Waals surface area contributed by atoms with Crippen LogP contribution in [0.15, 0.2) is 36.0 Å². The predicted octanol–water partition coefficient (Wildman–Crippen LogP) is 4.37. The van der Waals surface area contributed by atoms with Gasteiger partial charge in [0.15, 0.2) is 17.5 Å². The van der Waals surface area contributed by atoms with Crippen molar-refractivity contribution in [3.63, 3.8) is 0 Å². The molecule has 0 aliphatic heterocycles. The topological polar surface area (TPSA) is 67.8 Å². The lowest BCUT2D eigenvalue weighted by molar-refractivity contribution is 0.352. The van der Waals surface area contributed by atoms with Crippen molar-refractivity contribution in [3.8, 4) is 11.5 Å². The second-order valence-electron chi connectivity index (χ2n) is 6.43. The van der Waals surface area contributed by atoms with Crippen LogP contribution in [-0.4, -0.2) is 38.3 Å². The fourth-order valence-corrected chi connectivity index (χ4v) is 3.79. The molecule has 8 heteroatoms. The van der Waals surface area contributed by atoms with E-state index < -0.39 is 0 Å². The summed E-state index contributed by atoms with van der Waals surface area (Å²) in [4.78, 5) is 10.5. The van der Waals surface area contributed by atoms with Gasteiger partial charge in [-0.3, -0.25) is 0 Å². The van der Waals surface area contributed by atoms with E-state index in [4.69, 9.17) is 14.5 Å². The fourth-order valence-electron chi connectivity index (χ4n) is 2.93. The molecule has 1 aromatic heterocycles. The summed E-state index contributed by atoms with van der Waals surface area (Å²) in [5.74, 6) is 2.25. The average molecular weight is 545 g/mol. The summed E-state index contributed by atoms with van der Waals surface area (Å²) >= 11 is 1.78. The van der Waals surface area contributed by atoms with E-state index in [-0.39, 0.29) is 24.0 Å². The van der Waals surface area contributed by atoms with Crippen molar-refractivity contribution >= 4 is 41.3 Å². The first-order chi connectivity index (χ1) is 14.1. The number of thiazole rings is 1. The number of nitrogens with zero attached hydrogens (tertiary/aromatic N) is 2. The Bertz CT molecular complexity index is 823. The van der Waals surface area contributed by atoms with Crippen molar-refractivity contribution in [2.45, 2.75) is 39.7 Å². The monoisotopic (exact) mass is 544 g/mol. The third kappa shape index (κ3) is 7.79. The number of nitrogens with one attached hydrogen (secondary N) is 2. The second kappa shape index (κ2) is 14.2. The molecule has 6 nitrogen and oxygen atoms in total. The van der Waals surface area contributed by atoms with Crippen LogP contribution >= 0.6 is 35.3 Å². The van der Waals surface area contributed by atoms with Gasteiger partial charge in [-0.15, -0.1) is 41.9 Å². The maximum absolute atomic E-state index is 5.51. The first-order valence-electron chi connectivity index (χ1n) is 9.95. The number of aromatic nitrogens is 1. The molecule has 2 aromatic rings. The normalized spacial score (nSPS) is 10.9. The second-order valence-corrected chi connectivity index (χ2v) is 7.63. The number of rotatable bonds is 11. The van der Waals surface area contributed by atoms with Gasteiger partial charge in [0.2, 0.25) is 0 Å². The summed E-state index contributed by atoms with van der Waals surface area (Å²) in [5.41, 5.74) is 2.10. The molecule has 0 saturated heterocycles. The van der Waals surface area contributed by atoms with Gasteiger partial charge in [0.25, 0.3) is 0 Å². The summed E-state index contributed by atoms with van der Waals surface area (Å²) in [6.45, 7) is 10.2. The molecular weight excluding hydrogens is 511 g/mol. The van der Waals surface area contributed by atoms with Gasteiger partial charge in [0, 0.05) is 36.1 Å². The predicted molar refractivity (Wildman–Crippen MR) is 137 cm³/mol. The average Bonchev–Trinajstić information content (AvgIpc) is 3.19. The van der Waals surface area contributed by atoms with Crippen molar-refractivity contribution in [2.24, 2.45) is 4.99 Å². The minimum absolute atomic E-state index is 0. The standard InChI is InChI=1S/C22H32N4O2S.HI/c1-6-9-17-12-16(13-19(27-4)21(17)28-5)14-26-22(23-8-3)24-11-10-20-25-15-18(7-2)29-20;/h6,12-13,15H,1,7-11,14H2,2-5H3,(H2,23,24,26);1H. The highest BCUT2D eigenvalue weighted by Crippen LogP contribution is 2.33. The zero-order valence-corrected chi connectivity index (χ0v) is 21.4. The molecule has 0 radical (unpaired) electrons. The highest BCUT2D eigenvalue weighted by Gasteiger charge is 2.11. The molecule has 0 spiro atoms. The number of aryl methyl sites for hydroxylation is 1. The Morgan fingerprint density at radius 2 is 2.03 bits per heavy atom. The molecule has 0 aliphatic rings. The molecule has 2 N–H and O–H groups in total. The van der Waals surface area contributed by atoms with Crippen molar-refractivity contribution < 1.29 is 9.47 Å². The molecule has 0 amide bonds. The Balaban J connectivity index is 0.00000450. The van der Waals surface area contributed by atoms with E-state index in [1.165, 1.54) is 4.88 Å². The smallest absolute Gasteiger partial charge is 0.191 e. The van der Waals surface area contributed by atoms with E-state index in [0.29, 0.717) is 18.7 Å². The van der Waals surface area contributed by atoms with Crippen LogP contribution in [0.4, 0.5) is 0 Å². The summed E-state index contributed by atoms with van der Waals surface area (Å²) in [5, 5.41) is 7.84. The van der Waals surface area contributed by atoms with Crippen molar-refractivity contribution in [2.75, 3.05) is 27.3 Å². The van der Waals surface area contributed by atoms with Crippen LogP contribution < -0.4 is 20.1 Å². The van der Waals surface area contributed by atoms with E-state index in [2.05, 4.69) is 42.1 Å². The number of methoxy groups -OCH3 is 2. The van der Waals surface area contributed by atoms with Crippen molar-refractivity contribution in [1.29, 1.82) is 0 Å². The van der Waals surface area contributed by atoms with Crippen LogP contribution in [0.1, 0.15) is 34.9 Å². The summed E-state index contributed by atoms with van der Waals surface area (Å²) < 4.78 is 11.0. The van der Waals surface area contributed by atoms with Gasteiger partial charge >= 0.3 is 0 Å². The minimum atomic E-state index is 0. The lowest BCUT2D eigenvalue weighted by atomic mass is 10.1. The Labute approximate surface area is 201 Å². The molecule has 0 unspecified atom stereocenters. The van der Waals surface area contributed by atoms with Crippen LogP contribution in [0.25, 0.3) is 0 Å². The Kier molecular flexibility index (Phi) is 12.4. The number of hydrogen-bond donors (Lipinski definition) is 2. The van der Waals surface area contributed by atoms with E-state index in [0.717, 1.165) is 53.8 Å². The number of halogens is 1. The largest absolute Gasteiger partial charge is 0.493 e. The van der Waals surface area contributed by atoms with Crippen molar-refractivity contribution in [3.05, 3.63) is 52.0 Å². The van der Waals surface area contributed by atoms with Crippen LogP contribution in [0, 0.1) is 0 Å². The Morgan fingerprint density at radius 3 is 2.63 bits per heavy atom. The van der Waals surface area contributed by atoms with E-state index in [1.54, 1.807) is 25.6 Å². The molecule has 1 heterocycles. The van der Waals surface area contributed by atoms with E-state index >= 15 is 0 Å². The van der Waals surface area contributed by atoms with Crippen LogP contribution in [-0.2, 0) is 25.8 Å². The summed E-state index contributed by atoms with van der Waals surface area (Å²) in [7, 11) is 3.30. The molecule has 166 valence electrons. The summed E-state index contributed by atoms with van der Waals surface area (Å²) in [6, 6.07) is 4.07. The molecule has 2 rings (SSSR count). The highest BCUT2D eigenvalue weighted by molar-refractivity contribution is 14.0. The van der Waals surface area contributed by atoms with Gasteiger partial charge in [-0.25, -0.2) is 9.98 Å². The molecular formula is C22H33IN4O2S. The molecule has 0 aliphatic carbocycles. The first-order valence-corrected chi connectivity index (χ1v) is 10.8.